The van der Waals surface area contributed by atoms with Gasteiger partial charge in [-0.05, 0) is 17.8 Å². The van der Waals surface area contributed by atoms with Gasteiger partial charge >= 0.3 is 0 Å². The summed E-state index contributed by atoms with van der Waals surface area (Å²) in [5.74, 6) is 0.991. The van der Waals surface area contributed by atoms with Crippen LogP contribution in [0.2, 0.25) is 0 Å². The highest BCUT2D eigenvalue weighted by molar-refractivity contribution is 8.07. The lowest BCUT2D eigenvalue weighted by molar-refractivity contribution is 0.485. The third-order valence-corrected chi connectivity index (χ3v) is 5.60. The smallest absolute Gasteiger partial charge is 0.216 e. The number of aromatic nitrogens is 4. The van der Waals surface area contributed by atoms with Gasteiger partial charge in [0.1, 0.15) is 10.4 Å². The Balaban J connectivity index is 1.81. The van der Waals surface area contributed by atoms with Crippen LogP contribution in [-0.2, 0) is 5.41 Å². The van der Waals surface area contributed by atoms with Gasteiger partial charge in [0.05, 0.1) is 0 Å². The third kappa shape index (κ3) is 1.98. The van der Waals surface area contributed by atoms with E-state index in [0.29, 0.717) is 0 Å². The van der Waals surface area contributed by atoms with Crippen molar-refractivity contribution >= 4 is 23.5 Å². The Labute approximate surface area is 131 Å². The normalized spacial score (nSPS) is 20.4. The van der Waals surface area contributed by atoms with Gasteiger partial charge in [-0.2, -0.15) is 0 Å². The van der Waals surface area contributed by atoms with Crippen molar-refractivity contribution in [2.75, 3.05) is 5.01 Å². The zero-order chi connectivity index (χ0) is 14.6. The average Bonchev–Trinajstić information content (AvgIpc) is 3.08. The Morgan fingerprint density at radius 2 is 2.10 bits per heavy atom. The second-order valence-electron chi connectivity index (χ2n) is 6.05. The fourth-order valence-electron chi connectivity index (χ4n) is 2.45. The molecule has 0 N–H and O–H groups in total. The van der Waals surface area contributed by atoms with Crippen molar-refractivity contribution in [2.45, 2.75) is 36.7 Å². The molecule has 2 aromatic rings. The largest absolute Gasteiger partial charge is 0.264 e. The molecule has 0 aromatic carbocycles. The summed E-state index contributed by atoms with van der Waals surface area (Å²) in [6.07, 6.45) is 3.74. The van der Waals surface area contributed by atoms with Crippen molar-refractivity contribution in [3.05, 3.63) is 46.4 Å². The molecule has 2 aromatic heterocycles. The Morgan fingerprint density at radius 3 is 2.81 bits per heavy atom. The van der Waals surface area contributed by atoms with E-state index in [9.17, 15) is 0 Å². The van der Waals surface area contributed by atoms with Crippen LogP contribution < -0.4 is 5.01 Å². The third-order valence-electron chi connectivity index (χ3n) is 3.41. The topological polar surface area (TPSA) is 46.8 Å². The van der Waals surface area contributed by atoms with Crippen molar-refractivity contribution in [2.24, 2.45) is 0 Å². The lowest BCUT2D eigenvalue weighted by atomic mass is 9.96. The summed E-state index contributed by atoms with van der Waals surface area (Å²) in [5, 5.41) is 15.6. The van der Waals surface area contributed by atoms with Crippen LogP contribution in [0.25, 0.3) is 0 Å². The predicted molar refractivity (Wildman–Crippen MR) is 85.4 cm³/mol. The van der Waals surface area contributed by atoms with Crippen molar-refractivity contribution in [3.63, 3.8) is 0 Å². The molecular formula is C14H15N5S2. The molecule has 0 radical (unpaired) electrons. The summed E-state index contributed by atoms with van der Waals surface area (Å²) in [6, 6.07) is 4.10. The Morgan fingerprint density at radius 1 is 1.24 bits per heavy atom. The van der Waals surface area contributed by atoms with E-state index in [2.05, 4.69) is 57.1 Å². The van der Waals surface area contributed by atoms with Crippen LogP contribution in [-0.4, -0.2) is 19.9 Å². The van der Waals surface area contributed by atoms with Gasteiger partial charge in [-0.3, -0.25) is 9.99 Å². The molecule has 0 aliphatic carbocycles. The van der Waals surface area contributed by atoms with Crippen LogP contribution >= 0.6 is 23.5 Å². The summed E-state index contributed by atoms with van der Waals surface area (Å²) in [6.45, 7) is 6.50. The zero-order valence-corrected chi connectivity index (χ0v) is 13.6. The monoisotopic (exact) mass is 317 g/mol. The Bertz CT molecular complexity index is 717. The minimum atomic E-state index is -0.0476. The minimum Gasteiger partial charge on any atom is -0.264 e. The lowest BCUT2D eigenvalue weighted by Gasteiger charge is -2.28. The molecule has 0 saturated heterocycles. The first-order valence-electron chi connectivity index (χ1n) is 6.74. The highest BCUT2D eigenvalue weighted by atomic mass is 32.2. The second-order valence-corrected chi connectivity index (χ2v) is 7.99. The quantitative estimate of drug-likeness (QED) is 0.804. The zero-order valence-electron chi connectivity index (χ0n) is 12.0. The fraction of sp³-hybridized carbons (Fsp3) is 0.357. The molecule has 4 heterocycles. The van der Waals surface area contributed by atoms with Crippen molar-refractivity contribution in [1.82, 2.24) is 19.9 Å². The van der Waals surface area contributed by atoms with E-state index in [4.69, 9.17) is 0 Å². The maximum absolute atomic E-state index is 4.40. The molecule has 5 nitrogen and oxygen atoms in total. The summed E-state index contributed by atoms with van der Waals surface area (Å²) in [4.78, 5) is 4.25. The fourth-order valence-corrected chi connectivity index (χ4v) is 4.66. The van der Waals surface area contributed by atoms with E-state index in [1.165, 1.54) is 10.6 Å². The molecule has 108 valence electrons. The lowest BCUT2D eigenvalue weighted by Crippen LogP contribution is -2.34. The maximum Gasteiger partial charge on any atom is 0.216 e. The van der Waals surface area contributed by atoms with Gasteiger partial charge in [-0.1, -0.05) is 38.6 Å². The number of rotatable bonds is 1. The molecule has 4 rings (SSSR count). The van der Waals surface area contributed by atoms with Gasteiger partial charge in [-0.25, -0.2) is 4.68 Å². The molecule has 0 amide bonds. The SMILES string of the molecule is CC(C)(C)c1nnc2n1N1C(=CS[C@H]1c1cccnc1)S2. The van der Waals surface area contributed by atoms with Gasteiger partial charge in [0.25, 0.3) is 0 Å². The van der Waals surface area contributed by atoms with Crippen LogP contribution in [0.1, 0.15) is 37.5 Å². The number of nitrogens with zero attached hydrogens (tertiary/aromatic N) is 5. The van der Waals surface area contributed by atoms with E-state index in [1.807, 2.05) is 12.3 Å². The molecule has 0 spiro atoms. The van der Waals surface area contributed by atoms with Crippen LogP contribution in [0.4, 0.5) is 0 Å². The molecule has 2 aliphatic rings. The van der Waals surface area contributed by atoms with Gasteiger partial charge in [0.15, 0.2) is 5.82 Å². The molecule has 0 fully saturated rings. The number of thioether (sulfide) groups is 2. The van der Waals surface area contributed by atoms with Gasteiger partial charge in [0, 0.05) is 28.8 Å². The summed E-state index contributed by atoms with van der Waals surface area (Å²) in [7, 11) is 0. The van der Waals surface area contributed by atoms with Crippen molar-refractivity contribution in [3.8, 4) is 0 Å². The van der Waals surface area contributed by atoms with Gasteiger partial charge in [0.2, 0.25) is 5.16 Å². The molecule has 1 atom stereocenters. The molecule has 2 aliphatic heterocycles. The van der Waals surface area contributed by atoms with E-state index in [-0.39, 0.29) is 10.8 Å². The summed E-state index contributed by atoms with van der Waals surface area (Å²) < 4.78 is 2.16. The molecule has 7 heteroatoms. The van der Waals surface area contributed by atoms with E-state index in [1.54, 1.807) is 29.7 Å². The van der Waals surface area contributed by atoms with Gasteiger partial charge in [-0.15, -0.1) is 10.2 Å². The molecule has 0 bridgehead atoms. The second kappa shape index (κ2) is 4.51. The Hall–Kier alpha value is -1.47. The first-order valence-corrected chi connectivity index (χ1v) is 8.50. The number of hydrogen-bond acceptors (Lipinski definition) is 6. The first-order chi connectivity index (χ1) is 10.1. The molecular weight excluding hydrogens is 302 g/mol. The Kier molecular flexibility index (Phi) is 2.84. The van der Waals surface area contributed by atoms with Crippen LogP contribution in [0.5, 0.6) is 0 Å². The van der Waals surface area contributed by atoms with Crippen LogP contribution in [0.15, 0.2) is 40.1 Å². The van der Waals surface area contributed by atoms with E-state index >= 15 is 0 Å². The highest BCUT2D eigenvalue weighted by Crippen LogP contribution is 2.51. The van der Waals surface area contributed by atoms with Crippen LogP contribution in [0, 0.1) is 0 Å². The van der Waals surface area contributed by atoms with Crippen molar-refractivity contribution < 1.29 is 0 Å². The summed E-state index contributed by atoms with van der Waals surface area (Å²) >= 11 is 3.48. The average molecular weight is 317 g/mol. The molecule has 0 saturated carbocycles. The number of hydrogen-bond donors (Lipinski definition) is 0. The number of fused-ring (bicyclic) bond motifs is 3. The molecule has 21 heavy (non-hydrogen) atoms. The van der Waals surface area contributed by atoms with Crippen LogP contribution in [0.3, 0.4) is 0 Å². The maximum atomic E-state index is 4.40. The first kappa shape index (κ1) is 13.2. The van der Waals surface area contributed by atoms with Gasteiger partial charge < -0.3 is 0 Å². The highest BCUT2D eigenvalue weighted by Gasteiger charge is 2.41. The standard InChI is InChI=1S/C14H15N5S2/c1-14(2,3)12-16-17-13-19(12)18-10(21-13)8-20-11(18)9-5-4-6-15-7-9/h4-8,11H,1-3H3/t11-/m0/s1. The molecule has 0 unspecified atom stereocenters. The predicted octanol–water partition coefficient (Wildman–Crippen LogP) is 3.26. The summed E-state index contributed by atoms with van der Waals surface area (Å²) in [5.41, 5.74) is 1.14. The van der Waals surface area contributed by atoms with E-state index < -0.39 is 0 Å². The van der Waals surface area contributed by atoms with E-state index in [0.717, 1.165) is 11.0 Å². The van der Waals surface area contributed by atoms with Crippen molar-refractivity contribution in [1.29, 1.82) is 0 Å². The minimum absolute atomic E-state index is 0.0476. The number of pyridine rings is 1.